The SMILES string of the molecule is Cc1cc(C)cc(-n2ccnc2SCC(=O)Cc2ccc(C)c(Cl)c2)c1. The van der Waals surface area contributed by atoms with Crippen molar-refractivity contribution in [1.82, 2.24) is 9.55 Å². The van der Waals surface area contributed by atoms with E-state index in [0.717, 1.165) is 22.0 Å². The number of carbonyl (C=O) groups is 1. The zero-order valence-electron chi connectivity index (χ0n) is 15.1. The summed E-state index contributed by atoms with van der Waals surface area (Å²) >= 11 is 7.60. The van der Waals surface area contributed by atoms with Gasteiger partial charge in [0, 0.05) is 29.5 Å². The third kappa shape index (κ3) is 4.57. The van der Waals surface area contributed by atoms with Gasteiger partial charge in [-0.05, 0) is 61.2 Å². The molecule has 0 bridgehead atoms. The van der Waals surface area contributed by atoms with E-state index in [4.69, 9.17) is 11.6 Å². The molecule has 0 N–H and O–H groups in total. The highest BCUT2D eigenvalue weighted by Gasteiger charge is 2.11. The van der Waals surface area contributed by atoms with E-state index in [1.165, 1.54) is 22.9 Å². The topological polar surface area (TPSA) is 34.9 Å². The number of imidazole rings is 1. The average Bonchev–Trinajstić information content (AvgIpc) is 3.04. The zero-order chi connectivity index (χ0) is 18.7. The van der Waals surface area contributed by atoms with E-state index < -0.39 is 0 Å². The van der Waals surface area contributed by atoms with Crippen molar-refractivity contribution in [2.75, 3.05) is 5.75 Å². The van der Waals surface area contributed by atoms with Crippen molar-refractivity contribution in [1.29, 1.82) is 0 Å². The predicted octanol–water partition coefficient (Wildman–Crippen LogP) is 5.35. The lowest BCUT2D eigenvalue weighted by atomic mass is 10.1. The maximum absolute atomic E-state index is 12.4. The van der Waals surface area contributed by atoms with Gasteiger partial charge in [-0.3, -0.25) is 9.36 Å². The number of ketones is 1. The second kappa shape index (κ2) is 8.11. The fraction of sp³-hybridized carbons (Fsp3) is 0.238. The summed E-state index contributed by atoms with van der Waals surface area (Å²) in [7, 11) is 0. The number of thioether (sulfide) groups is 1. The molecule has 26 heavy (non-hydrogen) atoms. The van der Waals surface area contributed by atoms with E-state index in [-0.39, 0.29) is 5.78 Å². The van der Waals surface area contributed by atoms with Crippen LogP contribution in [0, 0.1) is 20.8 Å². The molecular weight excluding hydrogens is 364 g/mol. The Labute approximate surface area is 163 Å². The summed E-state index contributed by atoms with van der Waals surface area (Å²) in [5.41, 5.74) is 5.45. The van der Waals surface area contributed by atoms with Crippen molar-refractivity contribution in [3.63, 3.8) is 0 Å². The van der Waals surface area contributed by atoms with Gasteiger partial charge < -0.3 is 0 Å². The fourth-order valence-corrected chi connectivity index (χ4v) is 3.89. The van der Waals surface area contributed by atoms with Crippen LogP contribution < -0.4 is 0 Å². The van der Waals surface area contributed by atoms with Gasteiger partial charge in [0.25, 0.3) is 0 Å². The molecule has 2 aromatic carbocycles. The monoisotopic (exact) mass is 384 g/mol. The van der Waals surface area contributed by atoms with Crippen LogP contribution in [0.15, 0.2) is 53.9 Å². The second-order valence-electron chi connectivity index (χ2n) is 6.51. The van der Waals surface area contributed by atoms with E-state index in [1.54, 1.807) is 6.20 Å². The van der Waals surface area contributed by atoms with Crippen LogP contribution >= 0.6 is 23.4 Å². The first-order valence-electron chi connectivity index (χ1n) is 8.44. The number of aromatic nitrogens is 2. The Bertz CT molecular complexity index is 929. The summed E-state index contributed by atoms with van der Waals surface area (Å²) in [6.45, 7) is 6.11. The fourth-order valence-electron chi connectivity index (χ4n) is 2.85. The third-order valence-electron chi connectivity index (χ3n) is 4.09. The van der Waals surface area contributed by atoms with Crippen molar-refractivity contribution < 1.29 is 4.79 Å². The Hall–Kier alpha value is -2.04. The van der Waals surface area contributed by atoms with Gasteiger partial charge in [0.05, 0.1) is 5.75 Å². The Kier molecular flexibility index (Phi) is 5.84. The summed E-state index contributed by atoms with van der Waals surface area (Å²) in [5, 5.41) is 1.53. The Morgan fingerprint density at radius 2 is 1.85 bits per heavy atom. The first-order valence-corrected chi connectivity index (χ1v) is 9.80. The summed E-state index contributed by atoms with van der Waals surface area (Å²) in [5.74, 6) is 0.540. The van der Waals surface area contributed by atoms with Gasteiger partial charge in [-0.25, -0.2) is 4.98 Å². The number of Topliss-reactive ketones (excluding diaryl/α,β-unsaturated/α-hetero) is 1. The molecule has 0 saturated carbocycles. The lowest BCUT2D eigenvalue weighted by molar-refractivity contribution is -0.116. The van der Waals surface area contributed by atoms with Crippen molar-refractivity contribution >= 4 is 29.1 Å². The third-order valence-corrected chi connectivity index (χ3v) is 5.53. The maximum atomic E-state index is 12.4. The number of nitrogens with zero attached hydrogens (tertiary/aromatic N) is 2. The van der Waals surface area contributed by atoms with Crippen LogP contribution in [0.5, 0.6) is 0 Å². The molecule has 0 unspecified atom stereocenters. The van der Waals surface area contributed by atoms with Crippen molar-refractivity contribution in [3.8, 4) is 5.69 Å². The van der Waals surface area contributed by atoms with Crippen molar-refractivity contribution in [3.05, 3.63) is 76.1 Å². The average molecular weight is 385 g/mol. The van der Waals surface area contributed by atoms with E-state index in [2.05, 4.69) is 37.0 Å². The van der Waals surface area contributed by atoms with Crippen LogP contribution in [-0.2, 0) is 11.2 Å². The van der Waals surface area contributed by atoms with E-state index >= 15 is 0 Å². The van der Waals surface area contributed by atoms with E-state index in [1.807, 2.05) is 35.9 Å². The Morgan fingerprint density at radius 3 is 2.54 bits per heavy atom. The lowest BCUT2D eigenvalue weighted by Gasteiger charge is -2.09. The summed E-state index contributed by atoms with van der Waals surface area (Å²) in [4.78, 5) is 16.8. The molecule has 0 saturated heterocycles. The normalized spacial score (nSPS) is 10.9. The van der Waals surface area contributed by atoms with Crippen LogP contribution in [-0.4, -0.2) is 21.1 Å². The van der Waals surface area contributed by atoms with Gasteiger partial charge in [-0.1, -0.05) is 41.6 Å². The molecule has 0 amide bonds. The zero-order valence-corrected chi connectivity index (χ0v) is 16.7. The molecule has 0 aliphatic rings. The maximum Gasteiger partial charge on any atom is 0.173 e. The van der Waals surface area contributed by atoms with Crippen LogP contribution in [0.2, 0.25) is 5.02 Å². The minimum Gasteiger partial charge on any atom is -0.298 e. The van der Waals surface area contributed by atoms with Gasteiger partial charge >= 0.3 is 0 Å². The molecule has 0 radical (unpaired) electrons. The molecule has 0 spiro atoms. The molecule has 1 heterocycles. The molecule has 0 aliphatic carbocycles. The van der Waals surface area contributed by atoms with Gasteiger partial charge in [0.1, 0.15) is 5.78 Å². The number of halogens is 1. The molecule has 0 fully saturated rings. The number of benzene rings is 2. The van der Waals surface area contributed by atoms with E-state index in [0.29, 0.717) is 17.2 Å². The number of hydrogen-bond acceptors (Lipinski definition) is 3. The van der Waals surface area contributed by atoms with Crippen LogP contribution in [0.25, 0.3) is 5.69 Å². The second-order valence-corrected chi connectivity index (χ2v) is 7.86. The molecule has 3 nitrogen and oxygen atoms in total. The Morgan fingerprint density at radius 1 is 1.12 bits per heavy atom. The van der Waals surface area contributed by atoms with Crippen molar-refractivity contribution in [2.24, 2.45) is 0 Å². The first kappa shape index (κ1) is 18.7. The number of rotatable bonds is 6. The number of hydrogen-bond donors (Lipinski definition) is 0. The predicted molar refractivity (Wildman–Crippen MR) is 109 cm³/mol. The minimum atomic E-state index is 0.157. The molecule has 1 aromatic heterocycles. The van der Waals surface area contributed by atoms with Gasteiger partial charge in [0.2, 0.25) is 0 Å². The highest BCUT2D eigenvalue weighted by atomic mass is 35.5. The molecule has 134 valence electrons. The van der Waals surface area contributed by atoms with Crippen LogP contribution in [0.3, 0.4) is 0 Å². The first-order chi connectivity index (χ1) is 12.4. The molecule has 3 aromatic rings. The molecule has 0 aliphatic heterocycles. The molecular formula is C21H21ClN2OS. The smallest absolute Gasteiger partial charge is 0.173 e. The summed E-state index contributed by atoms with van der Waals surface area (Å²) < 4.78 is 2.03. The van der Waals surface area contributed by atoms with Gasteiger partial charge in [-0.15, -0.1) is 0 Å². The number of aryl methyl sites for hydroxylation is 3. The largest absolute Gasteiger partial charge is 0.298 e. The van der Waals surface area contributed by atoms with Crippen molar-refractivity contribution in [2.45, 2.75) is 32.3 Å². The quantitative estimate of drug-likeness (QED) is 0.537. The lowest BCUT2D eigenvalue weighted by Crippen LogP contribution is -2.07. The minimum absolute atomic E-state index is 0.157. The highest BCUT2D eigenvalue weighted by Crippen LogP contribution is 2.23. The molecule has 0 atom stereocenters. The van der Waals surface area contributed by atoms with Gasteiger partial charge in [-0.2, -0.15) is 0 Å². The molecule has 5 heteroatoms. The number of carbonyl (C=O) groups excluding carboxylic acids is 1. The molecule has 3 rings (SSSR count). The van der Waals surface area contributed by atoms with Gasteiger partial charge in [0.15, 0.2) is 5.16 Å². The van der Waals surface area contributed by atoms with E-state index in [9.17, 15) is 4.79 Å². The van der Waals surface area contributed by atoms with Crippen LogP contribution in [0.1, 0.15) is 22.3 Å². The summed E-state index contributed by atoms with van der Waals surface area (Å²) in [6, 6.07) is 12.2. The summed E-state index contributed by atoms with van der Waals surface area (Å²) in [6.07, 6.45) is 4.09. The van der Waals surface area contributed by atoms with Crippen LogP contribution in [0.4, 0.5) is 0 Å². The highest BCUT2D eigenvalue weighted by molar-refractivity contribution is 7.99. The Balaban J connectivity index is 1.68. The standard InChI is InChI=1S/C21H21ClN2OS/c1-14-8-15(2)10-18(9-14)24-7-6-23-21(24)26-13-19(25)11-17-5-4-16(3)20(22)12-17/h4-10,12H,11,13H2,1-3H3.